The first kappa shape index (κ1) is 24.6. The lowest BCUT2D eigenvalue weighted by molar-refractivity contribution is -0.392. The highest BCUT2D eigenvalue weighted by atomic mass is 16.9. The number of hydrogen-bond acceptors (Lipinski definition) is 8. The highest BCUT2D eigenvalue weighted by Gasteiger charge is 2.41. The topological polar surface area (TPSA) is 93.2 Å². The van der Waals surface area contributed by atoms with E-state index >= 15 is 0 Å². The smallest absolute Gasteiger partial charge is 0.354 e. The van der Waals surface area contributed by atoms with Crippen molar-refractivity contribution in [2.24, 2.45) is 0 Å². The van der Waals surface area contributed by atoms with Crippen LogP contribution in [0.5, 0.6) is 0 Å². The van der Waals surface area contributed by atoms with Crippen LogP contribution < -0.4 is 0 Å². The van der Waals surface area contributed by atoms with Crippen LogP contribution in [0.2, 0.25) is 0 Å². The number of esters is 2. The highest BCUT2D eigenvalue weighted by molar-refractivity contribution is 5.96. The third-order valence-corrected chi connectivity index (χ3v) is 4.94. The van der Waals surface area contributed by atoms with Crippen molar-refractivity contribution in [2.45, 2.75) is 31.7 Å². The van der Waals surface area contributed by atoms with Crippen molar-refractivity contribution in [3.63, 3.8) is 0 Å². The Kier molecular flexibility index (Phi) is 9.56. The zero-order chi connectivity index (χ0) is 23.4. The summed E-state index contributed by atoms with van der Waals surface area (Å²) in [6.45, 7) is 4.69. The summed E-state index contributed by atoms with van der Waals surface area (Å²) in [6, 6.07) is 12.6. The van der Waals surface area contributed by atoms with Crippen molar-refractivity contribution in [2.75, 3.05) is 33.0 Å². The minimum Gasteiger partial charge on any atom is -0.463 e. The number of rotatable bonds is 12. The Morgan fingerprint density at radius 2 is 1.82 bits per heavy atom. The maximum Gasteiger partial charge on any atom is 0.354 e. The van der Waals surface area contributed by atoms with Gasteiger partial charge in [-0.3, -0.25) is 4.98 Å². The zero-order valence-corrected chi connectivity index (χ0v) is 18.6. The van der Waals surface area contributed by atoms with Crippen molar-refractivity contribution in [1.82, 2.24) is 4.98 Å². The molecule has 0 N–H and O–H groups in total. The van der Waals surface area contributed by atoms with Crippen LogP contribution in [-0.4, -0.2) is 55.9 Å². The molecule has 176 valence electrons. The Morgan fingerprint density at radius 3 is 2.55 bits per heavy atom. The maximum atomic E-state index is 13.1. The molecule has 1 unspecified atom stereocenters. The third-order valence-electron chi connectivity index (χ3n) is 4.94. The number of carbonyl (C=O) groups excluding carboxylic acids is 2. The lowest BCUT2D eigenvalue weighted by Crippen LogP contribution is -2.49. The molecule has 1 aliphatic rings. The fourth-order valence-electron chi connectivity index (χ4n) is 3.29. The van der Waals surface area contributed by atoms with Gasteiger partial charge in [0.15, 0.2) is 0 Å². The summed E-state index contributed by atoms with van der Waals surface area (Å²) in [5.74, 6) is -2.58. The fraction of sp³-hybridized carbons (Fsp3) is 0.400. The van der Waals surface area contributed by atoms with Gasteiger partial charge in [0.2, 0.25) is 0 Å². The van der Waals surface area contributed by atoms with Crippen LogP contribution in [0.15, 0.2) is 61.3 Å². The Morgan fingerprint density at radius 1 is 1.03 bits per heavy atom. The molecule has 2 heterocycles. The van der Waals surface area contributed by atoms with E-state index in [4.69, 9.17) is 23.7 Å². The van der Waals surface area contributed by atoms with E-state index in [2.05, 4.69) is 11.6 Å². The standard InChI is InChI=1S/C25H29NO7/c1-2-23(27)30-15-9-3-4-10-16-31-25(19-29-17-18-32-25)33-24(28)21-12-6-5-11-20(21)22-13-7-8-14-26-22/h2,5-8,11-14H,1,3-4,9-10,15-19H2. The van der Waals surface area contributed by atoms with Gasteiger partial charge >= 0.3 is 17.9 Å². The number of benzene rings is 1. The predicted octanol–water partition coefficient (Wildman–Crippen LogP) is 3.91. The minimum absolute atomic E-state index is 0.0119. The fourth-order valence-corrected chi connectivity index (χ4v) is 3.29. The molecule has 2 aromatic rings. The van der Waals surface area contributed by atoms with E-state index < -0.39 is 17.9 Å². The highest BCUT2D eigenvalue weighted by Crippen LogP contribution is 2.27. The number of hydrogen-bond donors (Lipinski definition) is 0. The average molecular weight is 456 g/mol. The Labute approximate surface area is 193 Å². The number of carbonyl (C=O) groups is 2. The van der Waals surface area contributed by atoms with Crippen LogP contribution in [0.3, 0.4) is 0 Å². The van der Waals surface area contributed by atoms with Crippen molar-refractivity contribution in [3.8, 4) is 11.3 Å². The second-order valence-corrected chi connectivity index (χ2v) is 7.37. The predicted molar refractivity (Wildman–Crippen MR) is 120 cm³/mol. The molecule has 0 spiro atoms. The second-order valence-electron chi connectivity index (χ2n) is 7.37. The van der Waals surface area contributed by atoms with Crippen LogP contribution in [0.4, 0.5) is 0 Å². The van der Waals surface area contributed by atoms with Gasteiger partial charge in [0.1, 0.15) is 6.61 Å². The Hall–Kier alpha value is -3.07. The molecule has 0 bridgehead atoms. The molecule has 8 nitrogen and oxygen atoms in total. The molecule has 1 saturated heterocycles. The van der Waals surface area contributed by atoms with E-state index in [0.29, 0.717) is 36.6 Å². The molecule has 3 rings (SSSR count). The van der Waals surface area contributed by atoms with Gasteiger partial charge in [0.25, 0.3) is 0 Å². The molecule has 0 amide bonds. The van der Waals surface area contributed by atoms with E-state index in [0.717, 1.165) is 31.8 Å². The maximum absolute atomic E-state index is 13.1. The molecular weight excluding hydrogens is 426 g/mol. The van der Waals surface area contributed by atoms with Crippen LogP contribution in [-0.2, 0) is 28.5 Å². The second kappa shape index (κ2) is 12.8. The lowest BCUT2D eigenvalue weighted by Gasteiger charge is -2.35. The summed E-state index contributed by atoms with van der Waals surface area (Å²) < 4.78 is 27.7. The third kappa shape index (κ3) is 7.49. The van der Waals surface area contributed by atoms with Gasteiger partial charge in [-0.2, -0.15) is 0 Å². The number of pyridine rings is 1. The quantitative estimate of drug-likeness (QED) is 0.206. The van der Waals surface area contributed by atoms with Crippen LogP contribution >= 0.6 is 0 Å². The molecule has 0 aliphatic carbocycles. The molecule has 33 heavy (non-hydrogen) atoms. The SMILES string of the molecule is C=CC(=O)OCCCCCCOC1(OC(=O)c2ccccc2-c2ccccn2)COCCO1. The molecule has 1 atom stereocenters. The van der Waals surface area contributed by atoms with Gasteiger partial charge in [-0.25, -0.2) is 9.59 Å². The largest absolute Gasteiger partial charge is 0.463 e. The van der Waals surface area contributed by atoms with E-state index in [1.807, 2.05) is 30.3 Å². The van der Waals surface area contributed by atoms with Crippen molar-refractivity contribution >= 4 is 11.9 Å². The lowest BCUT2D eigenvalue weighted by atomic mass is 10.0. The van der Waals surface area contributed by atoms with Gasteiger partial charge in [-0.15, -0.1) is 0 Å². The first-order valence-corrected chi connectivity index (χ1v) is 11.0. The van der Waals surface area contributed by atoms with Crippen molar-refractivity contribution < 1.29 is 33.3 Å². The van der Waals surface area contributed by atoms with Crippen LogP contribution in [0.1, 0.15) is 36.0 Å². The van der Waals surface area contributed by atoms with Gasteiger partial charge in [-0.1, -0.05) is 37.3 Å². The summed E-state index contributed by atoms with van der Waals surface area (Å²) in [7, 11) is 0. The normalized spacial score (nSPS) is 17.8. The summed E-state index contributed by atoms with van der Waals surface area (Å²) >= 11 is 0. The molecule has 0 radical (unpaired) electrons. The van der Waals surface area contributed by atoms with E-state index in [-0.39, 0.29) is 13.2 Å². The number of nitrogens with zero attached hydrogens (tertiary/aromatic N) is 1. The monoisotopic (exact) mass is 455 g/mol. The van der Waals surface area contributed by atoms with Crippen LogP contribution in [0.25, 0.3) is 11.3 Å². The Balaban J connectivity index is 1.55. The van der Waals surface area contributed by atoms with Crippen molar-refractivity contribution in [3.05, 3.63) is 66.9 Å². The minimum atomic E-state index is -1.59. The first-order chi connectivity index (χ1) is 16.1. The summed E-state index contributed by atoms with van der Waals surface area (Å²) in [4.78, 5) is 28.4. The average Bonchev–Trinajstić information content (AvgIpc) is 2.86. The van der Waals surface area contributed by atoms with Gasteiger partial charge < -0.3 is 23.7 Å². The van der Waals surface area contributed by atoms with E-state index in [9.17, 15) is 9.59 Å². The molecule has 1 aromatic heterocycles. The number of unbranched alkanes of at least 4 members (excludes halogenated alkanes) is 3. The van der Waals surface area contributed by atoms with E-state index in [1.165, 1.54) is 0 Å². The molecule has 1 aromatic carbocycles. The summed E-state index contributed by atoms with van der Waals surface area (Å²) in [5.41, 5.74) is 1.69. The van der Waals surface area contributed by atoms with Gasteiger partial charge in [-0.05, 0) is 37.5 Å². The number of aromatic nitrogens is 1. The van der Waals surface area contributed by atoms with Gasteiger partial charge in [0.05, 0.1) is 37.7 Å². The first-order valence-electron chi connectivity index (χ1n) is 11.0. The molecule has 0 saturated carbocycles. The zero-order valence-electron chi connectivity index (χ0n) is 18.6. The summed E-state index contributed by atoms with van der Waals surface area (Å²) in [6.07, 6.45) is 6.03. The molecule has 1 aliphatic heterocycles. The van der Waals surface area contributed by atoms with Crippen LogP contribution in [0, 0.1) is 0 Å². The summed E-state index contributed by atoms with van der Waals surface area (Å²) in [5, 5.41) is 0. The van der Waals surface area contributed by atoms with Gasteiger partial charge in [0, 0.05) is 17.8 Å². The molecule has 8 heteroatoms. The van der Waals surface area contributed by atoms with Crippen molar-refractivity contribution in [1.29, 1.82) is 0 Å². The Bertz CT molecular complexity index is 910. The van der Waals surface area contributed by atoms with E-state index in [1.54, 1.807) is 18.3 Å². The molecule has 1 fully saturated rings. The molecular formula is C25H29NO7. The number of ether oxygens (including phenoxy) is 5.